The molecular formula is C26H22N2OS. The quantitative estimate of drug-likeness (QED) is 0.352. The fourth-order valence-electron chi connectivity index (χ4n) is 4.11. The molecule has 30 heavy (non-hydrogen) atoms. The lowest BCUT2D eigenvalue weighted by atomic mass is 9.99. The van der Waals surface area contributed by atoms with Crippen LogP contribution in [0.5, 0.6) is 0 Å². The summed E-state index contributed by atoms with van der Waals surface area (Å²) in [6.45, 7) is 6.80. The molecule has 0 aliphatic heterocycles. The first-order valence-electron chi connectivity index (χ1n) is 10.1. The third-order valence-electron chi connectivity index (χ3n) is 5.87. The molecule has 0 aliphatic carbocycles. The highest BCUT2D eigenvalue weighted by molar-refractivity contribution is 7.19. The van der Waals surface area contributed by atoms with E-state index in [2.05, 4.69) is 68.2 Å². The Bertz CT molecular complexity index is 1470. The van der Waals surface area contributed by atoms with Crippen molar-refractivity contribution < 1.29 is 0 Å². The molecule has 3 aromatic carbocycles. The molecule has 0 atom stereocenters. The number of nitrogens with zero attached hydrogens (tertiary/aromatic N) is 2. The van der Waals surface area contributed by atoms with Gasteiger partial charge in [-0.15, -0.1) is 11.3 Å². The van der Waals surface area contributed by atoms with Crippen LogP contribution in [0.15, 0.2) is 71.8 Å². The van der Waals surface area contributed by atoms with Crippen molar-refractivity contribution in [2.75, 3.05) is 0 Å². The van der Waals surface area contributed by atoms with Crippen LogP contribution in [0, 0.1) is 20.8 Å². The van der Waals surface area contributed by atoms with E-state index in [0.29, 0.717) is 6.54 Å². The van der Waals surface area contributed by atoms with Gasteiger partial charge in [-0.05, 0) is 53.8 Å². The van der Waals surface area contributed by atoms with Crippen LogP contribution < -0.4 is 5.56 Å². The van der Waals surface area contributed by atoms with Crippen LogP contribution in [-0.2, 0) is 6.54 Å². The van der Waals surface area contributed by atoms with Crippen molar-refractivity contribution >= 4 is 32.3 Å². The van der Waals surface area contributed by atoms with Crippen molar-refractivity contribution in [1.29, 1.82) is 0 Å². The third kappa shape index (κ3) is 3.04. The molecule has 5 aromatic rings. The zero-order valence-corrected chi connectivity index (χ0v) is 18.1. The van der Waals surface area contributed by atoms with Crippen LogP contribution in [-0.4, -0.2) is 9.55 Å². The molecule has 0 fully saturated rings. The van der Waals surface area contributed by atoms with E-state index in [0.717, 1.165) is 31.8 Å². The summed E-state index contributed by atoms with van der Waals surface area (Å²) in [6.07, 6.45) is 1.69. The average Bonchev–Trinajstić information content (AvgIpc) is 3.09. The second-order valence-electron chi connectivity index (χ2n) is 7.83. The Labute approximate surface area is 179 Å². The van der Waals surface area contributed by atoms with Gasteiger partial charge in [0.2, 0.25) is 0 Å². The maximum Gasteiger partial charge on any atom is 0.263 e. The molecule has 0 saturated heterocycles. The topological polar surface area (TPSA) is 34.9 Å². The summed E-state index contributed by atoms with van der Waals surface area (Å²) < 4.78 is 1.74. The maximum absolute atomic E-state index is 13.6. The first kappa shape index (κ1) is 18.8. The van der Waals surface area contributed by atoms with E-state index in [9.17, 15) is 4.79 Å². The second-order valence-corrected chi connectivity index (χ2v) is 9.03. The number of thiophene rings is 1. The SMILES string of the molecule is Cc1ccc(-c2c(C)sc3ncn(Cc4cccc5ccccc45)c(=O)c23)cc1C. The molecule has 0 N–H and O–H groups in total. The molecule has 0 unspecified atom stereocenters. The highest BCUT2D eigenvalue weighted by Crippen LogP contribution is 2.36. The van der Waals surface area contributed by atoms with Crippen molar-refractivity contribution in [2.45, 2.75) is 27.3 Å². The van der Waals surface area contributed by atoms with Gasteiger partial charge in [0, 0.05) is 10.4 Å². The number of benzene rings is 3. The lowest BCUT2D eigenvalue weighted by molar-refractivity contribution is 0.754. The summed E-state index contributed by atoms with van der Waals surface area (Å²) in [5, 5.41) is 3.07. The molecule has 0 saturated carbocycles. The maximum atomic E-state index is 13.6. The fourth-order valence-corrected chi connectivity index (χ4v) is 5.11. The summed E-state index contributed by atoms with van der Waals surface area (Å²) in [7, 11) is 0. The lowest BCUT2D eigenvalue weighted by Gasteiger charge is -2.10. The van der Waals surface area contributed by atoms with Crippen LogP contribution in [0.2, 0.25) is 0 Å². The Morgan fingerprint density at radius 2 is 1.73 bits per heavy atom. The van der Waals surface area contributed by atoms with Crippen LogP contribution in [0.1, 0.15) is 21.6 Å². The van der Waals surface area contributed by atoms with Gasteiger partial charge in [-0.3, -0.25) is 9.36 Å². The zero-order valence-electron chi connectivity index (χ0n) is 17.3. The number of aryl methyl sites for hydroxylation is 3. The van der Waals surface area contributed by atoms with Gasteiger partial charge in [0.25, 0.3) is 5.56 Å². The summed E-state index contributed by atoms with van der Waals surface area (Å²) in [6, 6.07) is 20.9. The first-order valence-corrected chi connectivity index (χ1v) is 10.9. The molecule has 5 rings (SSSR count). The number of aromatic nitrogens is 2. The summed E-state index contributed by atoms with van der Waals surface area (Å²) >= 11 is 1.59. The summed E-state index contributed by atoms with van der Waals surface area (Å²) in [5.41, 5.74) is 5.72. The van der Waals surface area contributed by atoms with Crippen molar-refractivity contribution in [3.63, 3.8) is 0 Å². The molecule has 0 radical (unpaired) electrons. The minimum Gasteiger partial charge on any atom is -0.294 e. The lowest BCUT2D eigenvalue weighted by Crippen LogP contribution is -2.21. The van der Waals surface area contributed by atoms with Crippen LogP contribution in [0.25, 0.3) is 32.1 Å². The number of hydrogen-bond donors (Lipinski definition) is 0. The molecule has 3 nitrogen and oxygen atoms in total. The van der Waals surface area contributed by atoms with Gasteiger partial charge in [0.1, 0.15) is 4.83 Å². The minimum atomic E-state index is 0.0190. The second kappa shape index (κ2) is 7.22. The van der Waals surface area contributed by atoms with E-state index >= 15 is 0 Å². The van der Waals surface area contributed by atoms with E-state index in [1.165, 1.54) is 21.9 Å². The molecule has 4 heteroatoms. The Morgan fingerprint density at radius 3 is 2.57 bits per heavy atom. The predicted molar refractivity (Wildman–Crippen MR) is 127 cm³/mol. The molecule has 0 aliphatic rings. The normalized spacial score (nSPS) is 11.4. The van der Waals surface area contributed by atoms with E-state index in [4.69, 9.17) is 0 Å². The Morgan fingerprint density at radius 1 is 0.933 bits per heavy atom. The molecule has 2 aromatic heterocycles. The van der Waals surface area contributed by atoms with Crippen molar-refractivity contribution in [3.05, 3.63) is 98.9 Å². The van der Waals surface area contributed by atoms with Crippen LogP contribution in [0.4, 0.5) is 0 Å². The molecule has 0 amide bonds. The third-order valence-corrected chi connectivity index (χ3v) is 6.88. The fraction of sp³-hybridized carbons (Fsp3) is 0.154. The van der Waals surface area contributed by atoms with Gasteiger partial charge in [0.15, 0.2) is 0 Å². The zero-order chi connectivity index (χ0) is 20.8. The van der Waals surface area contributed by atoms with Crippen LogP contribution in [0.3, 0.4) is 0 Å². The van der Waals surface area contributed by atoms with Gasteiger partial charge in [-0.25, -0.2) is 4.98 Å². The summed E-state index contributed by atoms with van der Waals surface area (Å²) in [4.78, 5) is 20.1. The van der Waals surface area contributed by atoms with E-state index in [1.807, 2.05) is 18.2 Å². The van der Waals surface area contributed by atoms with Crippen LogP contribution >= 0.6 is 11.3 Å². The van der Waals surface area contributed by atoms with Crippen molar-refractivity contribution in [3.8, 4) is 11.1 Å². The standard InChI is InChI=1S/C26H22N2OS/c1-16-11-12-20(13-17(16)2)23-18(3)30-25-24(23)26(29)28(15-27-25)14-21-9-6-8-19-7-4-5-10-22(19)21/h4-13,15H,14H2,1-3H3. The van der Waals surface area contributed by atoms with Gasteiger partial charge < -0.3 is 0 Å². The largest absolute Gasteiger partial charge is 0.294 e. The van der Waals surface area contributed by atoms with E-state index < -0.39 is 0 Å². The van der Waals surface area contributed by atoms with E-state index in [-0.39, 0.29) is 5.56 Å². The Hall–Kier alpha value is -3.24. The monoisotopic (exact) mass is 410 g/mol. The summed E-state index contributed by atoms with van der Waals surface area (Å²) in [5.74, 6) is 0. The smallest absolute Gasteiger partial charge is 0.263 e. The highest BCUT2D eigenvalue weighted by atomic mass is 32.1. The predicted octanol–water partition coefficient (Wildman–Crippen LogP) is 6.25. The first-order chi connectivity index (χ1) is 14.5. The average molecular weight is 411 g/mol. The highest BCUT2D eigenvalue weighted by Gasteiger charge is 2.17. The number of fused-ring (bicyclic) bond motifs is 2. The molecular weight excluding hydrogens is 388 g/mol. The Kier molecular flexibility index (Phi) is 4.52. The molecule has 148 valence electrons. The van der Waals surface area contributed by atoms with Crippen molar-refractivity contribution in [1.82, 2.24) is 9.55 Å². The van der Waals surface area contributed by atoms with Gasteiger partial charge in [0.05, 0.1) is 18.3 Å². The van der Waals surface area contributed by atoms with Gasteiger partial charge in [-0.1, -0.05) is 60.7 Å². The van der Waals surface area contributed by atoms with Crippen molar-refractivity contribution in [2.24, 2.45) is 0 Å². The Balaban J connectivity index is 1.69. The van der Waals surface area contributed by atoms with E-state index in [1.54, 1.807) is 22.2 Å². The number of hydrogen-bond acceptors (Lipinski definition) is 3. The van der Waals surface area contributed by atoms with Gasteiger partial charge in [-0.2, -0.15) is 0 Å². The number of rotatable bonds is 3. The molecule has 2 heterocycles. The molecule has 0 spiro atoms. The molecule has 0 bridgehead atoms. The van der Waals surface area contributed by atoms with Gasteiger partial charge >= 0.3 is 0 Å². The minimum absolute atomic E-state index is 0.0190.